The number of aromatic nitrogens is 2. The van der Waals surface area contributed by atoms with E-state index in [1.54, 1.807) is 6.07 Å². The molecule has 3 aromatic rings. The van der Waals surface area contributed by atoms with Crippen molar-refractivity contribution in [1.29, 1.82) is 10.7 Å². The molecule has 1 heterocycles. The number of alkyl halides is 3. The van der Waals surface area contributed by atoms with E-state index in [-0.39, 0.29) is 33.2 Å². The minimum Gasteiger partial charge on any atom is -0.497 e. The fourth-order valence-electron chi connectivity index (χ4n) is 3.22. The van der Waals surface area contributed by atoms with Crippen LogP contribution in [-0.2, 0) is 17.5 Å². The lowest BCUT2D eigenvalue weighted by molar-refractivity contribution is -0.142. The number of hydrogen-bond acceptors (Lipinski definition) is 7. The molecular weight excluding hydrogens is 534 g/mol. The van der Waals surface area contributed by atoms with E-state index >= 15 is 0 Å². The van der Waals surface area contributed by atoms with Crippen molar-refractivity contribution < 1.29 is 31.8 Å². The Bertz CT molecular complexity index is 1560. The van der Waals surface area contributed by atoms with Crippen molar-refractivity contribution in [3.05, 3.63) is 86.8 Å². The molecule has 0 spiro atoms. The summed E-state index contributed by atoms with van der Waals surface area (Å²) in [6.45, 7) is -0.664. The van der Waals surface area contributed by atoms with Crippen LogP contribution in [0.5, 0.6) is 17.2 Å². The molecular formula is C24H16ClF4N5O4. The third-order valence-electron chi connectivity index (χ3n) is 4.83. The van der Waals surface area contributed by atoms with Crippen molar-refractivity contribution in [2.75, 3.05) is 7.11 Å². The maximum Gasteiger partial charge on any atom is 0.437 e. The molecule has 2 aromatic carbocycles. The van der Waals surface area contributed by atoms with Gasteiger partial charge in [-0.15, -0.1) is 0 Å². The van der Waals surface area contributed by atoms with Crippen molar-refractivity contribution >= 4 is 28.8 Å². The van der Waals surface area contributed by atoms with Crippen molar-refractivity contribution in [2.45, 2.75) is 12.7 Å². The van der Waals surface area contributed by atoms with Gasteiger partial charge in [-0.2, -0.15) is 18.4 Å². The van der Waals surface area contributed by atoms with Gasteiger partial charge < -0.3 is 20.6 Å². The summed E-state index contributed by atoms with van der Waals surface area (Å²) < 4.78 is 65.4. The minimum atomic E-state index is -5.09. The van der Waals surface area contributed by atoms with Gasteiger partial charge >= 0.3 is 6.18 Å². The lowest BCUT2D eigenvalue weighted by Crippen LogP contribution is -2.28. The highest BCUT2D eigenvalue weighted by molar-refractivity contribution is 6.30. The van der Waals surface area contributed by atoms with Crippen molar-refractivity contribution in [3.63, 3.8) is 0 Å². The predicted octanol–water partition coefficient (Wildman–Crippen LogP) is 4.32. The fraction of sp³-hybridized carbons (Fsp3) is 0.125. The number of benzene rings is 2. The number of hydrogen-bond donors (Lipinski definition) is 2. The quantitative estimate of drug-likeness (QED) is 0.243. The van der Waals surface area contributed by atoms with E-state index in [9.17, 15) is 27.2 Å². The summed E-state index contributed by atoms with van der Waals surface area (Å²) in [5.41, 5.74) is 1.54. The van der Waals surface area contributed by atoms with E-state index in [0.717, 1.165) is 30.3 Å². The van der Waals surface area contributed by atoms with Gasteiger partial charge in [0.15, 0.2) is 5.69 Å². The molecule has 0 atom stereocenters. The second-order valence-electron chi connectivity index (χ2n) is 7.57. The third-order valence-corrected chi connectivity index (χ3v) is 5.05. The maximum absolute atomic E-state index is 13.9. The van der Waals surface area contributed by atoms with E-state index in [2.05, 4.69) is 4.98 Å². The third kappa shape index (κ3) is 6.54. The first-order valence-corrected chi connectivity index (χ1v) is 10.7. The van der Waals surface area contributed by atoms with Gasteiger partial charge in [0.2, 0.25) is 11.7 Å². The van der Waals surface area contributed by atoms with Crippen LogP contribution in [0.3, 0.4) is 0 Å². The number of carbonyl (C=O) groups excluding carboxylic acids is 1. The highest BCUT2D eigenvalue weighted by Crippen LogP contribution is 2.35. The average molecular weight is 550 g/mol. The zero-order valence-electron chi connectivity index (χ0n) is 19.3. The highest BCUT2D eigenvalue weighted by atomic mass is 35.5. The highest BCUT2D eigenvalue weighted by Gasteiger charge is 2.38. The van der Waals surface area contributed by atoms with Gasteiger partial charge in [-0.3, -0.25) is 14.2 Å². The number of allylic oxidation sites excluding steroid dienone is 1. The summed E-state index contributed by atoms with van der Waals surface area (Å²) in [5, 5.41) is 17.2. The summed E-state index contributed by atoms with van der Waals surface area (Å²) in [6.07, 6.45) is -3.61. The van der Waals surface area contributed by atoms with Crippen LogP contribution in [0.1, 0.15) is 16.8 Å². The molecule has 3 rings (SSSR count). The Labute approximate surface area is 216 Å². The molecule has 0 aliphatic heterocycles. The number of nitriles is 1. The molecule has 0 bridgehead atoms. The molecule has 1 aromatic heterocycles. The predicted molar refractivity (Wildman–Crippen MR) is 128 cm³/mol. The number of methoxy groups -OCH3 is 1. The van der Waals surface area contributed by atoms with Crippen LogP contribution in [0.4, 0.5) is 17.6 Å². The molecule has 0 saturated heterocycles. The summed E-state index contributed by atoms with van der Waals surface area (Å²) in [7, 11) is 1.27. The topological polar surface area (TPSA) is 144 Å². The summed E-state index contributed by atoms with van der Waals surface area (Å²) in [4.78, 5) is 28.2. The number of rotatable bonds is 8. The molecule has 38 heavy (non-hydrogen) atoms. The van der Waals surface area contributed by atoms with E-state index in [4.69, 9.17) is 37.5 Å². The van der Waals surface area contributed by atoms with Crippen LogP contribution in [0.25, 0.3) is 5.57 Å². The van der Waals surface area contributed by atoms with E-state index in [1.807, 2.05) is 0 Å². The SMILES string of the molecule is COc1cc(F)cc(/C(=C/C(=N)Cn2cnc(C(F)(F)F)c(Oc3cc(Cl)cc(C#N)c3)c2=O)C(N)=O)c1. The van der Waals surface area contributed by atoms with Crippen molar-refractivity contribution in [2.24, 2.45) is 5.73 Å². The number of nitrogens with one attached hydrogen (secondary N) is 1. The first kappa shape index (κ1) is 27.9. The number of halogens is 5. The smallest absolute Gasteiger partial charge is 0.437 e. The van der Waals surface area contributed by atoms with Gasteiger partial charge in [0.05, 0.1) is 37.3 Å². The monoisotopic (exact) mass is 549 g/mol. The van der Waals surface area contributed by atoms with Crippen LogP contribution in [0.2, 0.25) is 5.02 Å². The Morgan fingerprint density at radius 2 is 1.95 bits per heavy atom. The standard InChI is InChI=1S/C24H16ClF4N5O4/c1-37-17-5-13(4-15(26)7-17)19(22(32)35)8-16(31)10-34-11-33-21(24(27,28)29)20(23(34)36)38-18-3-12(9-30)2-14(25)6-18/h2-8,11,31H,10H2,1H3,(H2,32,35)/b19-8-,31-16?. The fourth-order valence-corrected chi connectivity index (χ4v) is 3.44. The molecule has 0 saturated carbocycles. The second-order valence-corrected chi connectivity index (χ2v) is 8.01. The van der Waals surface area contributed by atoms with E-state index < -0.39 is 47.2 Å². The Kier molecular flexibility index (Phi) is 8.17. The van der Waals surface area contributed by atoms with E-state index in [0.29, 0.717) is 10.9 Å². The largest absolute Gasteiger partial charge is 0.497 e. The average Bonchev–Trinajstić information content (AvgIpc) is 2.83. The minimum absolute atomic E-state index is 0.0308. The number of nitrogens with two attached hydrogens (primary N) is 1. The van der Waals surface area contributed by atoms with Crippen LogP contribution >= 0.6 is 11.6 Å². The number of nitrogens with zero attached hydrogens (tertiary/aromatic N) is 3. The van der Waals surface area contributed by atoms with Gasteiger partial charge in [0.1, 0.15) is 17.3 Å². The summed E-state index contributed by atoms with van der Waals surface area (Å²) >= 11 is 5.86. The molecule has 0 unspecified atom stereocenters. The van der Waals surface area contributed by atoms with E-state index in [1.165, 1.54) is 19.2 Å². The number of primary amides is 1. The Balaban J connectivity index is 2.04. The number of carbonyl (C=O) groups is 1. The molecule has 1 amide bonds. The lowest BCUT2D eigenvalue weighted by atomic mass is 10.0. The molecule has 0 fully saturated rings. The molecule has 196 valence electrons. The normalized spacial score (nSPS) is 11.6. The van der Waals surface area contributed by atoms with Gasteiger partial charge in [-0.25, -0.2) is 9.37 Å². The maximum atomic E-state index is 13.9. The molecule has 0 aliphatic rings. The molecule has 14 heteroatoms. The second kappa shape index (κ2) is 11.1. The zero-order valence-corrected chi connectivity index (χ0v) is 20.0. The Morgan fingerprint density at radius 3 is 2.55 bits per heavy atom. The van der Waals surface area contributed by atoms with Gasteiger partial charge in [-0.05, 0) is 42.0 Å². The van der Waals surface area contributed by atoms with Crippen LogP contribution in [0, 0.1) is 22.6 Å². The Morgan fingerprint density at radius 1 is 1.24 bits per heavy atom. The summed E-state index contributed by atoms with van der Waals surface area (Å²) in [5.74, 6) is -3.30. The van der Waals surface area contributed by atoms with Crippen LogP contribution in [-0.4, -0.2) is 28.3 Å². The number of amides is 1. The number of ether oxygens (including phenoxy) is 2. The van der Waals surface area contributed by atoms with Crippen molar-refractivity contribution in [3.8, 4) is 23.3 Å². The molecule has 9 nitrogen and oxygen atoms in total. The van der Waals surface area contributed by atoms with Gasteiger partial charge in [0.25, 0.3) is 5.56 Å². The zero-order chi connectivity index (χ0) is 28.2. The van der Waals surface area contributed by atoms with Crippen LogP contribution < -0.4 is 20.8 Å². The molecule has 3 N–H and O–H groups in total. The van der Waals surface area contributed by atoms with Gasteiger partial charge in [-0.1, -0.05) is 11.6 Å². The first-order chi connectivity index (χ1) is 17.8. The lowest BCUT2D eigenvalue weighted by Gasteiger charge is -2.15. The molecule has 0 aliphatic carbocycles. The Hall–Kier alpha value is -4.70. The molecule has 0 radical (unpaired) electrons. The first-order valence-electron chi connectivity index (χ1n) is 10.3. The summed E-state index contributed by atoms with van der Waals surface area (Å²) in [6, 6.07) is 8.44. The van der Waals surface area contributed by atoms with Crippen molar-refractivity contribution in [1.82, 2.24) is 9.55 Å². The van der Waals surface area contributed by atoms with Crippen LogP contribution in [0.15, 0.2) is 53.6 Å². The van der Waals surface area contributed by atoms with Gasteiger partial charge in [0, 0.05) is 16.7 Å².